The monoisotopic (exact) mass is 660 g/mol. The van der Waals surface area contributed by atoms with Gasteiger partial charge in [0.1, 0.15) is 12.2 Å². The fourth-order valence-electron chi connectivity index (χ4n) is 4.19. The summed E-state index contributed by atoms with van der Waals surface area (Å²) in [6.45, 7) is 0.293. The van der Waals surface area contributed by atoms with Crippen molar-refractivity contribution in [2.75, 3.05) is 16.9 Å². The van der Waals surface area contributed by atoms with Gasteiger partial charge in [-0.05, 0) is 60.2 Å². The second kappa shape index (κ2) is 11.9. The molecule has 0 saturated carbocycles. The molecule has 1 aliphatic rings. The highest BCUT2D eigenvalue weighted by molar-refractivity contribution is 9.11. The number of imide groups is 2. The molecule has 0 aliphatic carbocycles. The Hall–Kier alpha value is -4.21. The van der Waals surface area contributed by atoms with E-state index in [0.717, 1.165) is 24.3 Å². The van der Waals surface area contributed by atoms with Crippen LogP contribution in [-0.2, 0) is 16.2 Å². The van der Waals surface area contributed by atoms with E-state index in [0.29, 0.717) is 35.0 Å². The molecule has 4 aromatic rings. The number of carbonyl (C=O) groups excluding carboxylic acids is 3. The van der Waals surface area contributed by atoms with Gasteiger partial charge < -0.3 is 9.47 Å². The third-order valence-corrected chi connectivity index (χ3v) is 7.41. The Morgan fingerprint density at radius 1 is 0.725 bits per heavy atom. The first kappa shape index (κ1) is 27.4. The van der Waals surface area contributed by atoms with Crippen molar-refractivity contribution in [2.24, 2.45) is 0 Å². The number of methoxy groups -OCH3 is 1. The number of hydrogen-bond donors (Lipinski definition) is 0. The molecule has 0 radical (unpaired) electrons. The highest BCUT2D eigenvalue weighted by Gasteiger charge is 2.43. The molecule has 200 valence electrons. The molecule has 0 bridgehead atoms. The maximum absolute atomic E-state index is 13.6. The van der Waals surface area contributed by atoms with Crippen molar-refractivity contribution in [1.29, 1.82) is 0 Å². The Bertz CT molecular complexity index is 1560. The van der Waals surface area contributed by atoms with Crippen LogP contribution in [0.1, 0.15) is 11.1 Å². The minimum atomic E-state index is -0.745. The molecule has 0 spiro atoms. The van der Waals surface area contributed by atoms with Gasteiger partial charge >= 0.3 is 6.03 Å². The molecule has 9 heteroatoms. The number of urea groups is 1. The summed E-state index contributed by atoms with van der Waals surface area (Å²) < 4.78 is 13.4. The summed E-state index contributed by atoms with van der Waals surface area (Å²) in [7, 11) is 1.51. The number of benzene rings is 4. The maximum atomic E-state index is 13.6. The average Bonchev–Trinajstić information content (AvgIpc) is 2.96. The van der Waals surface area contributed by atoms with Gasteiger partial charge in [0.2, 0.25) is 0 Å². The van der Waals surface area contributed by atoms with E-state index >= 15 is 0 Å². The predicted molar refractivity (Wildman–Crippen MR) is 160 cm³/mol. The number of amides is 4. The van der Waals surface area contributed by atoms with Crippen LogP contribution in [0.15, 0.2) is 112 Å². The van der Waals surface area contributed by atoms with Crippen LogP contribution < -0.4 is 19.3 Å². The van der Waals surface area contributed by atoms with Crippen molar-refractivity contribution >= 4 is 67.2 Å². The number of ether oxygens (including phenoxy) is 2. The molecule has 5 rings (SSSR count). The van der Waals surface area contributed by atoms with Gasteiger partial charge in [-0.25, -0.2) is 14.6 Å². The summed E-state index contributed by atoms with van der Waals surface area (Å²) in [5, 5.41) is 0. The van der Waals surface area contributed by atoms with Gasteiger partial charge in [0.25, 0.3) is 11.8 Å². The minimum absolute atomic E-state index is 0.165. The summed E-state index contributed by atoms with van der Waals surface area (Å²) in [5.41, 5.74) is 2.03. The third-order valence-electron chi connectivity index (χ3n) is 6.18. The molecule has 1 aliphatic heterocycles. The van der Waals surface area contributed by atoms with Crippen LogP contribution in [0.4, 0.5) is 16.2 Å². The van der Waals surface area contributed by atoms with Crippen LogP contribution in [0, 0.1) is 0 Å². The Morgan fingerprint density at radius 2 is 1.32 bits per heavy atom. The zero-order valence-electron chi connectivity index (χ0n) is 21.2. The van der Waals surface area contributed by atoms with Crippen molar-refractivity contribution in [3.8, 4) is 11.5 Å². The van der Waals surface area contributed by atoms with Crippen molar-refractivity contribution < 1.29 is 23.9 Å². The molecule has 0 aromatic heterocycles. The van der Waals surface area contributed by atoms with Crippen LogP contribution in [0.25, 0.3) is 6.08 Å². The van der Waals surface area contributed by atoms with Gasteiger partial charge in [0.05, 0.1) is 18.5 Å². The summed E-state index contributed by atoms with van der Waals surface area (Å²) in [6.07, 6.45) is 1.46. The van der Waals surface area contributed by atoms with Crippen molar-refractivity contribution in [3.05, 3.63) is 123 Å². The molecular formula is C31H22Br2N2O5. The Balaban J connectivity index is 1.50. The van der Waals surface area contributed by atoms with Crippen molar-refractivity contribution in [3.63, 3.8) is 0 Å². The number of nitrogens with zero attached hydrogens (tertiary/aromatic N) is 2. The molecular weight excluding hydrogens is 640 g/mol. The van der Waals surface area contributed by atoms with Crippen LogP contribution >= 0.6 is 31.9 Å². The highest BCUT2D eigenvalue weighted by atomic mass is 79.9. The van der Waals surface area contributed by atoms with Gasteiger partial charge in [-0.2, -0.15) is 0 Å². The lowest BCUT2D eigenvalue weighted by Crippen LogP contribution is -2.57. The van der Waals surface area contributed by atoms with Gasteiger partial charge in [-0.3, -0.25) is 9.59 Å². The first-order valence-electron chi connectivity index (χ1n) is 12.2. The number of carbonyl (C=O) groups is 3. The quantitative estimate of drug-likeness (QED) is 0.153. The molecule has 7 nitrogen and oxygen atoms in total. The topological polar surface area (TPSA) is 76.2 Å². The number of anilines is 2. The summed E-state index contributed by atoms with van der Waals surface area (Å²) in [5.74, 6) is -0.512. The fourth-order valence-corrected chi connectivity index (χ4v) is 5.35. The van der Waals surface area contributed by atoms with Crippen molar-refractivity contribution in [1.82, 2.24) is 0 Å². The van der Waals surface area contributed by atoms with E-state index in [2.05, 4.69) is 31.9 Å². The Kier molecular flexibility index (Phi) is 8.14. The predicted octanol–water partition coefficient (Wildman–Crippen LogP) is 7.38. The van der Waals surface area contributed by atoms with E-state index < -0.39 is 17.8 Å². The zero-order chi connectivity index (χ0) is 28.2. The molecule has 40 heavy (non-hydrogen) atoms. The highest BCUT2D eigenvalue weighted by Crippen LogP contribution is 2.33. The van der Waals surface area contributed by atoms with Gasteiger partial charge in [0.15, 0.2) is 11.5 Å². The van der Waals surface area contributed by atoms with E-state index in [4.69, 9.17) is 9.47 Å². The minimum Gasteiger partial charge on any atom is -0.493 e. The van der Waals surface area contributed by atoms with Gasteiger partial charge in [-0.1, -0.05) is 80.4 Å². The normalized spacial score (nSPS) is 13.5. The summed E-state index contributed by atoms with van der Waals surface area (Å²) in [4.78, 5) is 42.7. The summed E-state index contributed by atoms with van der Waals surface area (Å²) >= 11 is 6.98. The van der Waals surface area contributed by atoms with Crippen LogP contribution in [0.2, 0.25) is 0 Å². The molecule has 1 heterocycles. The lowest BCUT2D eigenvalue weighted by atomic mass is 10.0. The number of hydrogen-bond acceptors (Lipinski definition) is 5. The lowest BCUT2D eigenvalue weighted by Gasteiger charge is -2.33. The largest absolute Gasteiger partial charge is 0.493 e. The van der Waals surface area contributed by atoms with E-state index in [1.807, 2.05) is 18.2 Å². The number of halogens is 2. The number of para-hydroxylation sites is 2. The molecule has 4 amide bonds. The van der Waals surface area contributed by atoms with E-state index in [1.54, 1.807) is 78.9 Å². The molecule has 0 atom stereocenters. The van der Waals surface area contributed by atoms with Crippen LogP contribution in [0.5, 0.6) is 11.5 Å². The standard InChI is InChI=1S/C31H22Br2N2O5/c1-39-28-17-20(12-15-27(28)40-19-21-13-14-22(32)18-26(21)33)16-25-29(36)34(23-8-4-2-5-9-23)31(38)35(30(25)37)24-10-6-3-7-11-24/h2-18H,19H2,1H3. The SMILES string of the molecule is COc1cc(C=C2C(=O)N(c3ccccc3)C(=O)N(c3ccccc3)C2=O)ccc1OCc1ccc(Br)cc1Br. The zero-order valence-corrected chi connectivity index (χ0v) is 24.4. The maximum Gasteiger partial charge on any atom is 0.343 e. The second-order valence-corrected chi connectivity index (χ2v) is 10.5. The smallest absolute Gasteiger partial charge is 0.343 e. The Morgan fingerprint density at radius 3 is 1.88 bits per heavy atom. The average molecular weight is 662 g/mol. The van der Waals surface area contributed by atoms with E-state index in [-0.39, 0.29) is 5.57 Å². The van der Waals surface area contributed by atoms with Gasteiger partial charge in [-0.15, -0.1) is 0 Å². The summed E-state index contributed by atoms with van der Waals surface area (Å²) in [6, 6.07) is 27.2. The number of rotatable bonds is 7. The van der Waals surface area contributed by atoms with Gasteiger partial charge in [0, 0.05) is 14.5 Å². The first-order valence-corrected chi connectivity index (χ1v) is 13.8. The molecule has 4 aromatic carbocycles. The second-order valence-electron chi connectivity index (χ2n) is 8.73. The van der Waals surface area contributed by atoms with Crippen LogP contribution in [0.3, 0.4) is 0 Å². The van der Waals surface area contributed by atoms with E-state index in [1.165, 1.54) is 13.2 Å². The van der Waals surface area contributed by atoms with Crippen LogP contribution in [-0.4, -0.2) is 25.0 Å². The third kappa shape index (κ3) is 5.57. The number of barbiturate groups is 1. The fraction of sp³-hybridized carbons (Fsp3) is 0.0645. The first-order chi connectivity index (χ1) is 19.4. The Labute approximate surface area is 247 Å². The molecule has 1 fully saturated rings. The molecule has 1 saturated heterocycles. The molecule has 0 N–H and O–H groups in total. The van der Waals surface area contributed by atoms with Crippen molar-refractivity contribution in [2.45, 2.75) is 6.61 Å². The molecule has 0 unspecified atom stereocenters. The van der Waals surface area contributed by atoms with E-state index in [9.17, 15) is 14.4 Å². The lowest BCUT2D eigenvalue weighted by molar-refractivity contribution is -0.121.